The second-order valence-electron chi connectivity index (χ2n) is 4.48. The molecule has 1 unspecified atom stereocenters. The van der Waals surface area contributed by atoms with Gasteiger partial charge < -0.3 is 19.9 Å². The standard InChI is InChI=1S/C13H16ClNO4/c1-8(7-16)6-15-13(17)9-4-10(14)12-11(5-9)18-2-3-19-12/h4-5,8,16H,2-3,6-7H2,1H3,(H,15,17). The number of aliphatic hydroxyl groups is 1. The number of benzene rings is 1. The fourth-order valence-electron chi connectivity index (χ4n) is 1.68. The Bertz CT molecular complexity index is 478. The normalized spacial score (nSPS) is 14.9. The number of carbonyl (C=O) groups excluding carboxylic acids is 1. The van der Waals surface area contributed by atoms with Crippen LogP contribution >= 0.6 is 11.6 Å². The van der Waals surface area contributed by atoms with E-state index in [4.69, 9.17) is 26.2 Å². The number of hydrogen-bond acceptors (Lipinski definition) is 4. The molecule has 0 spiro atoms. The number of amides is 1. The summed E-state index contributed by atoms with van der Waals surface area (Å²) in [5.74, 6) is 0.725. The van der Waals surface area contributed by atoms with E-state index < -0.39 is 0 Å². The molecule has 1 aliphatic heterocycles. The Kier molecular flexibility index (Phi) is 4.50. The Morgan fingerprint density at radius 2 is 2.21 bits per heavy atom. The molecule has 0 radical (unpaired) electrons. The van der Waals surface area contributed by atoms with Gasteiger partial charge in [-0.25, -0.2) is 0 Å². The highest BCUT2D eigenvalue weighted by Crippen LogP contribution is 2.38. The van der Waals surface area contributed by atoms with E-state index in [0.717, 1.165) is 0 Å². The largest absolute Gasteiger partial charge is 0.486 e. The average molecular weight is 286 g/mol. The van der Waals surface area contributed by atoms with Crippen molar-refractivity contribution in [2.45, 2.75) is 6.92 Å². The van der Waals surface area contributed by atoms with Crippen molar-refractivity contribution in [2.75, 3.05) is 26.4 Å². The van der Waals surface area contributed by atoms with Crippen molar-refractivity contribution in [1.82, 2.24) is 5.32 Å². The highest BCUT2D eigenvalue weighted by Gasteiger charge is 2.19. The van der Waals surface area contributed by atoms with Crippen LogP contribution in [0.3, 0.4) is 0 Å². The maximum Gasteiger partial charge on any atom is 0.251 e. The molecular formula is C13H16ClNO4. The molecule has 1 aromatic carbocycles. The summed E-state index contributed by atoms with van der Waals surface area (Å²) < 4.78 is 10.8. The van der Waals surface area contributed by atoms with Crippen LogP contribution in [0.25, 0.3) is 0 Å². The minimum absolute atomic E-state index is 0.0108. The smallest absolute Gasteiger partial charge is 0.251 e. The van der Waals surface area contributed by atoms with Crippen LogP contribution in [0.5, 0.6) is 11.5 Å². The number of fused-ring (bicyclic) bond motifs is 1. The molecule has 1 atom stereocenters. The Balaban J connectivity index is 2.12. The van der Waals surface area contributed by atoms with Crippen LogP contribution in [-0.4, -0.2) is 37.4 Å². The Labute approximate surface area is 116 Å². The predicted molar refractivity (Wildman–Crippen MR) is 71.0 cm³/mol. The van der Waals surface area contributed by atoms with Gasteiger partial charge in [0.05, 0.1) is 5.02 Å². The summed E-state index contributed by atoms with van der Waals surface area (Å²) in [4.78, 5) is 12.0. The molecule has 0 fully saturated rings. The molecular weight excluding hydrogens is 270 g/mol. The number of carbonyl (C=O) groups is 1. The van der Waals surface area contributed by atoms with Gasteiger partial charge in [-0.1, -0.05) is 18.5 Å². The molecule has 2 N–H and O–H groups in total. The highest BCUT2D eigenvalue weighted by molar-refractivity contribution is 6.32. The maximum atomic E-state index is 12.0. The quantitative estimate of drug-likeness (QED) is 0.879. The third-order valence-electron chi connectivity index (χ3n) is 2.78. The fraction of sp³-hybridized carbons (Fsp3) is 0.462. The molecule has 2 rings (SSSR count). The summed E-state index contributed by atoms with van der Waals surface area (Å²) in [6.07, 6.45) is 0. The van der Waals surface area contributed by atoms with E-state index in [2.05, 4.69) is 5.32 Å². The molecule has 0 saturated carbocycles. The minimum Gasteiger partial charge on any atom is -0.486 e. The summed E-state index contributed by atoms with van der Waals surface area (Å²) in [5.41, 5.74) is 0.416. The average Bonchev–Trinajstić information content (AvgIpc) is 2.44. The zero-order chi connectivity index (χ0) is 13.8. The molecule has 104 valence electrons. The first-order valence-corrected chi connectivity index (χ1v) is 6.47. The van der Waals surface area contributed by atoms with Crippen molar-refractivity contribution in [3.8, 4) is 11.5 Å². The van der Waals surface area contributed by atoms with E-state index in [9.17, 15) is 4.79 Å². The van der Waals surface area contributed by atoms with Gasteiger partial charge in [0.15, 0.2) is 11.5 Å². The zero-order valence-electron chi connectivity index (χ0n) is 10.6. The van der Waals surface area contributed by atoms with Gasteiger partial charge >= 0.3 is 0 Å². The van der Waals surface area contributed by atoms with Gasteiger partial charge in [-0.05, 0) is 18.1 Å². The summed E-state index contributed by atoms with van der Waals surface area (Å²) in [6, 6.07) is 3.16. The number of aliphatic hydroxyl groups excluding tert-OH is 1. The molecule has 1 heterocycles. The van der Waals surface area contributed by atoms with E-state index in [1.165, 1.54) is 0 Å². The van der Waals surface area contributed by atoms with Crippen LogP contribution in [0.1, 0.15) is 17.3 Å². The summed E-state index contributed by atoms with van der Waals surface area (Å²) in [7, 11) is 0. The van der Waals surface area contributed by atoms with Gasteiger partial charge in [0, 0.05) is 18.7 Å². The Hall–Kier alpha value is -1.46. The summed E-state index contributed by atoms with van der Waals surface area (Å²) in [6.45, 7) is 3.17. The molecule has 0 aromatic heterocycles. The molecule has 6 heteroatoms. The van der Waals surface area contributed by atoms with Crippen molar-refractivity contribution in [2.24, 2.45) is 5.92 Å². The van der Waals surface area contributed by atoms with Crippen LogP contribution in [-0.2, 0) is 0 Å². The first-order valence-electron chi connectivity index (χ1n) is 6.10. The lowest BCUT2D eigenvalue weighted by atomic mass is 10.1. The predicted octanol–water partition coefficient (Wildman–Crippen LogP) is 1.47. The van der Waals surface area contributed by atoms with E-state index in [-0.39, 0.29) is 18.4 Å². The van der Waals surface area contributed by atoms with Gasteiger partial charge in [0.25, 0.3) is 5.91 Å². The van der Waals surface area contributed by atoms with E-state index in [0.29, 0.717) is 41.8 Å². The first-order chi connectivity index (χ1) is 9.11. The molecule has 0 saturated heterocycles. The topological polar surface area (TPSA) is 67.8 Å². The molecule has 0 aliphatic carbocycles. The van der Waals surface area contributed by atoms with Crippen molar-refractivity contribution in [1.29, 1.82) is 0 Å². The monoisotopic (exact) mass is 285 g/mol. The van der Waals surface area contributed by atoms with Gasteiger partial charge in [-0.2, -0.15) is 0 Å². The van der Waals surface area contributed by atoms with Crippen LogP contribution in [0, 0.1) is 5.92 Å². The van der Waals surface area contributed by atoms with E-state index in [1.807, 2.05) is 6.92 Å². The van der Waals surface area contributed by atoms with Gasteiger partial charge in [0.1, 0.15) is 13.2 Å². The summed E-state index contributed by atoms with van der Waals surface area (Å²) >= 11 is 6.06. The van der Waals surface area contributed by atoms with Crippen molar-refractivity contribution in [3.05, 3.63) is 22.7 Å². The third-order valence-corrected chi connectivity index (χ3v) is 3.06. The van der Waals surface area contributed by atoms with Crippen molar-refractivity contribution < 1.29 is 19.4 Å². The summed E-state index contributed by atoms with van der Waals surface area (Å²) in [5, 5.41) is 12.0. The van der Waals surface area contributed by atoms with Crippen LogP contribution in [0.2, 0.25) is 5.02 Å². The Morgan fingerprint density at radius 3 is 2.95 bits per heavy atom. The maximum absolute atomic E-state index is 12.0. The molecule has 19 heavy (non-hydrogen) atoms. The minimum atomic E-state index is -0.251. The second kappa shape index (κ2) is 6.12. The lowest BCUT2D eigenvalue weighted by molar-refractivity contribution is 0.0941. The SMILES string of the molecule is CC(CO)CNC(=O)c1cc(Cl)c2c(c1)OCCO2. The highest BCUT2D eigenvalue weighted by atomic mass is 35.5. The fourth-order valence-corrected chi connectivity index (χ4v) is 1.94. The van der Waals surface area contributed by atoms with Crippen LogP contribution in [0.15, 0.2) is 12.1 Å². The molecule has 0 bridgehead atoms. The van der Waals surface area contributed by atoms with Crippen LogP contribution < -0.4 is 14.8 Å². The van der Waals surface area contributed by atoms with E-state index >= 15 is 0 Å². The van der Waals surface area contributed by atoms with E-state index in [1.54, 1.807) is 12.1 Å². The second-order valence-corrected chi connectivity index (χ2v) is 4.89. The molecule has 1 amide bonds. The van der Waals surface area contributed by atoms with Gasteiger partial charge in [0.2, 0.25) is 0 Å². The van der Waals surface area contributed by atoms with Crippen LogP contribution in [0.4, 0.5) is 0 Å². The lowest BCUT2D eigenvalue weighted by Crippen LogP contribution is -2.29. The molecule has 1 aromatic rings. The zero-order valence-corrected chi connectivity index (χ0v) is 11.4. The number of halogens is 1. The third kappa shape index (κ3) is 3.30. The number of nitrogens with one attached hydrogen (secondary N) is 1. The van der Waals surface area contributed by atoms with Gasteiger partial charge in [-0.3, -0.25) is 4.79 Å². The molecule has 5 nitrogen and oxygen atoms in total. The Morgan fingerprint density at radius 1 is 1.47 bits per heavy atom. The first kappa shape index (κ1) is 14.0. The van der Waals surface area contributed by atoms with Crippen molar-refractivity contribution in [3.63, 3.8) is 0 Å². The van der Waals surface area contributed by atoms with Gasteiger partial charge in [-0.15, -0.1) is 0 Å². The molecule has 1 aliphatic rings. The lowest BCUT2D eigenvalue weighted by Gasteiger charge is -2.20. The number of hydrogen-bond donors (Lipinski definition) is 2. The number of rotatable bonds is 4. The number of ether oxygens (including phenoxy) is 2. The van der Waals surface area contributed by atoms with Crippen molar-refractivity contribution >= 4 is 17.5 Å².